The van der Waals surface area contributed by atoms with Gasteiger partial charge in [-0.25, -0.2) is 0 Å². The third kappa shape index (κ3) is 1.90. The fourth-order valence-electron chi connectivity index (χ4n) is 3.21. The van der Waals surface area contributed by atoms with Gasteiger partial charge in [0.15, 0.2) is 0 Å². The molecule has 1 aromatic heterocycles. The lowest BCUT2D eigenvalue weighted by molar-refractivity contribution is -0.129. The number of nitrogens with zero attached hydrogens (tertiary/aromatic N) is 3. The Bertz CT molecular complexity index is 556. The van der Waals surface area contributed by atoms with Crippen LogP contribution in [0.4, 0.5) is 0 Å². The van der Waals surface area contributed by atoms with Gasteiger partial charge >= 0.3 is 0 Å². The molecule has 2 fully saturated rings. The molecule has 6 nitrogen and oxygen atoms in total. The molecule has 1 aromatic rings. The fraction of sp³-hybridized carbons (Fsp3) is 0.643. The van der Waals surface area contributed by atoms with Gasteiger partial charge in [0, 0.05) is 32.4 Å². The number of rotatable bonds is 1. The zero-order chi connectivity index (χ0) is 14.3. The van der Waals surface area contributed by atoms with Crippen molar-refractivity contribution in [3.05, 3.63) is 17.5 Å². The topological polar surface area (TPSA) is 67.2 Å². The smallest absolute Gasteiger partial charge is 0.257 e. The van der Waals surface area contributed by atoms with Gasteiger partial charge in [0.25, 0.3) is 5.91 Å². The quantitative estimate of drug-likeness (QED) is 0.811. The minimum absolute atomic E-state index is 0.0313. The lowest BCUT2D eigenvalue weighted by Crippen LogP contribution is -2.46. The predicted molar refractivity (Wildman–Crippen MR) is 73.1 cm³/mol. The molecule has 0 aromatic carbocycles. The van der Waals surface area contributed by atoms with Crippen molar-refractivity contribution in [1.82, 2.24) is 20.0 Å². The summed E-state index contributed by atoms with van der Waals surface area (Å²) >= 11 is 0. The molecule has 6 heteroatoms. The van der Waals surface area contributed by atoms with E-state index in [4.69, 9.17) is 0 Å². The van der Waals surface area contributed by atoms with Gasteiger partial charge in [-0.3, -0.25) is 14.3 Å². The molecule has 3 rings (SSSR count). The monoisotopic (exact) mass is 276 g/mol. The maximum atomic E-state index is 12.5. The van der Waals surface area contributed by atoms with E-state index in [-0.39, 0.29) is 17.2 Å². The molecular formula is C14H20N4O2. The normalized spacial score (nSPS) is 21.3. The molecule has 2 saturated heterocycles. The van der Waals surface area contributed by atoms with Crippen LogP contribution in [0.25, 0.3) is 0 Å². The Hall–Kier alpha value is -1.85. The Balaban J connectivity index is 1.71. The summed E-state index contributed by atoms with van der Waals surface area (Å²) in [5.74, 6) is 0.200. The number of aryl methyl sites for hydroxylation is 1. The van der Waals surface area contributed by atoms with E-state index in [1.807, 2.05) is 18.9 Å². The average molecular weight is 276 g/mol. The molecule has 108 valence electrons. The summed E-state index contributed by atoms with van der Waals surface area (Å²) in [6.45, 7) is 3.98. The van der Waals surface area contributed by atoms with E-state index in [0.717, 1.165) is 31.5 Å². The Kier molecular flexibility index (Phi) is 3.03. The van der Waals surface area contributed by atoms with Crippen molar-refractivity contribution in [2.24, 2.45) is 12.5 Å². The van der Waals surface area contributed by atoms with Crippen molar-refractivity contribution in [1.29, 1.82) is 0 Å². The lowest BCUT2D eigenvalue weighted by Gasteiger charge is -2.37. The zero-order valence-electron chi connectivity index (χ0n) is 12.0. The van der Waals surface area contributed by atoms with Crippen molar-refractivity contribution in [3.8, 4) is 0 Å². The summed E-state index contributed by atoms with van der Waals surface area (Å²) in [6.07, 6.45) is 4.07. The number of hydrogen-bond acceptors (Lipinski definition) is 3. The lowest BCUT2D eigenvalue weighted by atomic mass is 9.77. The van der Waals surface area contributed by atoms with E-state index in [1.165, 1.54) is 0 Å². The first kappa shape index (κ1) is 13.1. The minimum atomic E-state index is -0.221. The number of likely N-dealkylation sites (tertiary alicyclic amines) is 1. The molecule has 3 heterocycles. The second-order valence-electron chi connectivity index (χ2n) is 5.85. The van der Waals surface area contributed by atoms with E-state index < -0.39 is 0 Å². The predicted octanol–water partition coefficient (Wildman–Crippen LogP) is 0.471. The Morgan fingerprint density at radius 3 is 2.55 bits per heavy atom. The van der Waals surface area contributed by atoms with Crippen LogP contribution < -0.4 is 5.32 Å². The highest BCUT2D eigenvalue weighted by Gasteiger charge is 2.45. The number of piperidine rings is 1. The summed E-state index contributed by atoms with van der Waals surface area (Å²) in [7, 11) is 1.83. The van der Waals surface area contributed by atoms with E-state index in [9.17, 15) is 9.59 Å². The van der Waals surface area contributed by atoms with Gasteiger partial charge in [-0.15, -0.1) is 0 Å². The zero-order valence-corrected chi connectivity index (χ0v) is 12.0. The molecule has 0 bridgehead atoms. The Morgan fingerprint density at radius 2 is 2.05 bits per heavy atom. The first-order chi connectivity index (χ1) is 9.53. The van der Waals surface area contributed by atoms with E-state index in [0.29, 0.717) is 18.7 Å². The first-order valence-electron chi connectivity index (χ1n) is 7.10. The number of carbonyl (C=O) groups is 2. The Morgan fingerprint density at radius 1 is 1.35 bits per heavy atom. The van der Waals surface area contributed by atoms with Crippen LogP contribution in [-0.2, 0) is 11.8 Å². The maximum absolute atomic E-state index is 12.5. The van der Waals surface area contributed by atoms with Crippen LogP contribution in [0, 0.1) is 12.3 Å². The molecule has 0 aliphatic carbocycles. The van der Waals surface area contributed by atoms with Crippen LogP contribution in [0.2, 0.25) is 0 Å². The van der Waals surface area contributed by atoms with Crippen molar-refractivity contribution >= 4 is 11.8 Å². The second kappa shape index (κ2) is 4.61. The highest BCUT2D eigenvalue weighted by molar-refractivity contribution is 5.95. The van der Waals surface area contributed by atoms with Gasteiger partial charge in [0.1, 0.15) is 0 Å². The summed E-state index contributed by atoms with van der Waals surface area (Å²) in [5.41, 5.74) is 1.33. The largest absolute Gasteiger partial charge is 0.356 e. The molecule has 0 atom stereocenters. The van der Waals surface area contributed by atoms with Gasteiger partial charge in [-0.1, -0.05) is 0 Å². The van der Waals surface area contributed by atoms with Gasteiger partial charge in [0.2, 0.25) is 5.91 Å². The summed E-state index contributed by atoms with van der Waals surface area (Å²) in [5, 5.41) is 7.03. The summed E-state index contributed by atoms with van der Waals surface area (Å²) in [6, 6.07) is 0. The van der Waals surface area contributed by atoms with Gasteiger partial charge in [-0.2, -0.15) is 5.10 Å². The standard InChI is InChI=1S/C14H20N4O2/c1-10-11(9-16-17(10)2)12(19)18-7-4-14(5-8-18)3-6-15-13(14)20/h9H,3-8H2,1-2H3,(H,15,20). The molecule has 0 radical (unpaired) electrons. The van der Waals surface area contributed by atoms with Crippen LogP contribution in [0.1, 0.15) is 35.3 Å². The van der Waals surface area contributed by atoms with E-state index in [1.54, 1.807) is 10.9 Å². The van der Waals surface area contributed by atoms with Gasteiger partial charge in [0.05, 0.1) is 17.2 Å². The molecule has 1 N–H and O–H groups in total. The first-order valence-corrected chi connectivity index (χ1v) is 7.10. The summed E-state index contributed by atoms with van der Waals surface area (Å²) in [4.78, 5) is 26.3. The third-order valence-corrected chi connectivity index (χ3v) is 4.84. The van der Waals surface area contributed by atoms with Gasteiger partial charge < -0.3 is 10.2 Å². The molecular weight excluding hydrogens is 256 g/mol. The third-order valence-electron chi connectivity index (χ3n) is 4.84. The van der Waals surface area contributed by atoms with Crippen molar-refractivity contribution in [3.63, 3.8) is 0 Å². The molecule has 2 aliphatic heterocycles. The second-order valence-corrected chi connectivity index (χ2v) is 5.85. The van der Waals surface area contributed by atoms with E-state index in [2.05, 4.69) is 10.4 Å². The highest BCUT2D eigenvalue weighted by atomic mass is 16.2. The SMILES string of the molecule is Cc1c(C(=O)N2CCC3(CCNC3=O)CC2)cnn1C. The molecule has 0 saturated carbocycles. The number of aromatic nitrogens is 2. The fourth-order valence-corrected chi connectivity index (χ4v) is 3.21. The molecule has 2 aliphatic rings. The minimum Gasteiger partial charge on any atom is -0.356 e. The highest BCUT2D eigenvalue weighted by Crippen LogP contribution is 2.38. The molecule has 20 heavy (non-hydrogen) atoms. The number of hydrogen-bond donors (Lipinski definition) is 1. The van der Waals surface area contributed by atoms with Crippen LogP contribution in [-0.4, -0.2) is 46.1 Å². The average Bonchev–Trinajstić information content (AvgIpc) is 2.96. The van der Waals surface area contributed by atoms with Crippen LogP contribution in [0.3, 0.4) is 0 Å². The van der Waals surface area contributed by atoms with Gasteiger partial charge in [-0.05, 0) is 26.2 Å². The number of amides is 2. The van der Waals surface area contributed by atoms with Crippen molar-refractivity contribution in [2.75, 3.05) is 19.6 Å². The number of nitrogens with one attached hydrogen (secondary N) is 1. The maximum Gasteiger partial charge on any atom is 0.257 e. The van der Waals surface area contributed by atoms with Crippen LogP contribution >= 0.6 is 0 Å². The van der Waals surface area contributed by atoms with Crippen LogP contribution in [0.5, 0.6) is 0 Å². The van der Waals surface area contributed by atoms with Crippen molar-refractivity contribution in [2.45, 2.75) is 26.2 Å². The summed E-state index contributed by atoms with van der Waals surface area (Å²) < 4.78 is 1.71. The molecule has 1 spiro atoms. The van der Waals surface area contributed by atoms with Crippen molar-refractivity contribution < 1.29 is 9.59 Å². The number of carbonyl (C=O) groups excluding carboxylic acids is 2. The van der Waals surface area contributed by atoms with E-state index >= 15 is 0 Å². The van der Waals surface area contributed by atoms with Crippen LogP contribution in [0.15, 0.2) is 6.20 Å². The molecule has 0 unspecified atom stereocenters. The Labute approximate surface area is 118 Å². The molecule has 2 amide bonds.